The predicted molar refractivity (Wildman–Crippen MR) is 125 cm³/mol. The number of carbonyl (C=O) groups excluding carboxylic acids is 2. The van der Waals surface area contributed by atoms with E-state index in [1.54, 1.807) is 12.1 Å². The molecular formula is C25H33N3O3. The monoisotopic (exact) mass is 423 g/mol. The summed E-state index contributed by atoms with van der Waals surface area (Å²) in [7, 11) is 0. The number of carbonyl (C=O) groups is 2. The summed E-state index contributed by atoms with van der Waals surface area (Å²) in [5.41, 5.74) is 2.01. The Labute approximate surface area is 185 Å². The molecule has 6 nitrogen and oxygen atoms in total. The molecule has 2 aromatic carbocycles. The summed E-state index contributed by atoms with van der Waals surface area (Å²) in [6.07, 6.45) is 4.46. The number of para-hydroxylation sites is 2. The first kappa shape index (κ1) is 22.7. The zero-order valence-electron chi connectivity index (χ0n) is 18.5. The van der Waals surface area contributed by atoms with Crippen LogP contribution in [0.2, 0.25) is 0 Å². The van der Waals surface area contributed by atoms with Crippen LogP contribution < -0.4 is 15.4 Å². The molecule has 0 bridgehead atoms. The minimum Gasteiger partial charge on any atom is -0.491 e. The van der Waals surface area contributed by atoms with E-state index in [2.05, 4.69) is 24.5 Å². The number of nitrogens with zero attached hydrogens (tertiary/aromatic N) is 1. The van der Waals surface area contributed by atoms with Gasteiger partial charge in [-0.05, 0) is 49.1 Å². The lowest BCUT2D eigenvalue weighted by Gasteiger charge is -2.20. The van der Waals surface area contributed by atoms with Gasteiger partial charge in [0.15, 0.2) is 0 Å². The minimum atomic E-state index is -0.182. The molecule has 2 amide bonds. The molecule has 3 rings (SSSR count). The summed E-state index contributed by atoms with van der Waals surface area (Å²) >= 11 is 0. The molecule has 31 heavy (non-hydrogen) atoms. The average Bonchev–Trinajstić information content (AvgIpc) is 3.06. The van der Waals surface area contributed by atoms with Gasteiger partial charge in [-0.15, -0.1) is 0 Å². The summed E-state index contributed by atoms with van der Waals surface area (Å²) < 4.78 is 5.82. The lowest BCUT2D eigenvalue weighted by molar-refractivity contribution is -0.114. The topological polar surface area (TPSA) is 70.7 Å². The molecule has 0 spiro atoms. The predicted octanol–water partition coefficient (Wildman–Crippen LogP) is 4.79. The van der Waals surface area contributed by atoms with Crippen LogP contribution in [0.1, 0.15) is 49.9 Å². The SMILES string of the molecule is CC(C)COc1ccccc1NCC(=O)Nc1cccc(C(=O)N2CCCCCC2)c1. The summed E-state index contributed by atoms with van der Waals surface area (Å²) in [5.74, 6) is 1.00. The van der Waals surface area contributed by atoms with E-state index in [4.69, 9.17) is 4.74 Å². The molecular weight excluding hydrogens is 390 g/mol. The third kappa shape index (κ3) is 7.02. The summed E-state index contributed by atoms with van der Waals surface area (Å²) in [6.45, 7) is 6.51. The highest BCUT2D eigenvalue weighted by molar-refractivity contribution is 5.98. The Bertz CT molecular complexity index is 874. The molecule has 0 atom stereocenters. The molecule has 1 aliphatic rings. The van der Waals surface area contributed by atoms with Crippen LogP contribution >= 0.6 is 0 Å². The average molecular weight is 424 g/mol. The second-order valence-corrected chi connectivity index (χ2v) is 8.39. The highest BCUT2D eigenvalue weighted by Crippen LogP contribution is 2.24. The molecule has 1 saturated heterocycles. The zero-order valence-corrected chi connectivity index (χ0v) is 18.5. The molecule has 1 heterocycles. The number of nitrogens with one attached hydrogen (secondary N) is 2. The van der Waals surface area contributed by atoms with Gasteiger partial charge in [0.2, 0.25) is 5.91 Å². The first-order chi connectivity index (χ1) is 15.0. The van der Waals surface area contributed by atoms with Crippen LogP contribution in [0.15, 0.2) is 48.5 Å². The van der Waals surface area contributed by atoms with Gasteiger partial charge in [0.25, 0.3) is 5.91 Å². The number of amides is 2. The van der Waals surface area contributed by atoms with Crippen LogP contribution in [-0.2, 0) is 4.79 Å². The van der Waals surface area contributed by atoms with Gasteiger partial charge in [-0.1, -0.05) is 44.9 Å². The number of likely N-dealkylation sites (tertiary alicyclic amines) is 1. The standard InChI is InChI=1S/C25H33N3O3/c1-19(2)18-31-23-13-6-5-12-22(23)26-17-24(29)27-21-11-9-10-20(16-21)25(30)28-14-7-3-4-8-15-28/h5-6,9-13,16,19,26H,3-4,7-8,14-15,17-18H2,1-2H3,(H,27,29). The van der Waals surface area contributed by atoms with E-state index in [0.29, 0.717) is 23.8 Å². The van der Waals surface area contributed by atoms with Crippen LogP contribution in [-0.4, -0.2) is 43.0 Å². The van der Waals surface area contributed by atoms with E-state index in [0.717, 1.165) is 37.4 Å². The van der Waals surface area contributed by atoms with Gasteiger partial charge < -0.3 is 20.3 Å². The van der Waals surface area contributed by atoms with Crippen molar-refractivity contribution in [3.8, 4) is 5.75 Å². The van der Waals surface area contributed by atoms with Crippen LogP contribution in [0, 0.1) is 5.92 Å². The molecule has 0 aromatic heterocycles. The van der Waals surface area contributed by atoms with Crippen molar-refractivity contribution in [1.29, 1.82) is 0 Å². The maximum Gasteiger partial charge on any atom is 0.253 e. The van der Waals surface area contributed by atoms with Crippen molar-refractivity contribution in [1.82, 2.24) is 4.90 Å². The van der Waals surface area contributed by atoms with Crippen molar-refractivity contribution in [2.75, 3.05) is 36.9 Å². The largest absolute Gasteiger partial charge is 0.491 e. The molecule has 0 unspecified atom stereocenters. The number of benzene rings is 2. The molecule has 2 aromatic rings. The van der Waals surface area contributed by atoms with Crippen molar-refractivity contribution < 1.29 is 14.3 Å². The number of ether oxygens (including phenoxy) is 1. The fourth-order valence-corrected chi connectivity index (χ4v) is 3.56. The molecule has 1 aliphatic heterocycles. The van der Waals surface area contributed by atoms with Gasteiger partial charge in [-0.2, -0.15) is 0 Å². The van der Waals surface area contributed by atoms with Crippen LogP contribution in [0.5, 0.6) is 5.75 Å². The Kier molecular flexibility index (Phi) is 8.33. The highest BCUT2D eigenvalue weighted by Gasteiger charge is 2.17. The Balaban J connectivity index is 1.56. The van der Waals surface area contributed by atoms with Crippen molar-refractivity contribution in [2.45, 2.75) is 39.5 Å². The number of hydrogen-bond acceptors (Lipinski definition) is 4. The van der Waals surface area contributed by atoms with E-state index in [1.165, 1.54) is 12.8 Å². The minimum absolute atomic E-state index is 0.0346. The molecule has 0 saturated carbocycles. The lowest BCUT2D eigenvalue weighted by Crippen LogP contribution is -2.31. The molecule has 6 heteroatoms. The smallest absolute Gasteiger partial charge is 0.253 e. The number of rotatable bonds is 8. The van der Waals surface area contributed by atoms with E-state index in [-0.39, 0.29) is 18.4 Å². The van der Waals surface area contributed by atoms with Gasteiger partial charge in [0.05, 0.1) is 18.8 Å². The Morgan fingerprint density at radius 2 is 1.74 bits per heavy atom. The summed E-state index contributed by atoms with van der Waals surface area (Å²) in [6, 6.07) is 14.8. The molecule has 0 radical (unpaired) electrons. The fraction of sp³-hybridized carbons (Fsp3) is 0.440. The third-order valence-corrected chi connectivity index (χ3v) is 5.19. The van der Waals surface area contributed by atoms with Crippen LogP contribution in [0.25, 0.3) is 0 Å². The second kappa shape index (κ2) is 11.4. The first-order valence-corrected chi connectivity index (χ1v) is 11.2. The van der Waals surface area contributed by atoms with Crippen LogP contribution in [0.3, 0.4) is 0 Å². The van der Waals surface area contributed by atoms with E-state index >= 15 is 0 Å². The van der Waals surface area contributed by atoms with Crippen LogP contribution in [0.4, 0.5) is 11.4 Å². The van der Waals surface area contributed by atoms with Gasteiger partial charge in [0, 0.05) is 24.3 Å². The van der Waals surface area contributed by atoms with Crippen molar-refractivity contribution in [3.05, 3.63) is 54.1 Å². The Hall–Kier alpha value is -3.02. The Morgan fingerprint density at radius 3 is 2.48 bits per heavy atom. The fourth-order valence-electron chi connectivity index (χ4n) is 3.56. The van der Waals surface area contributed by atoms with Crippen molar-refractivity contribution >= 4 is 23.2 Å². The van der Waals surface area contributed by atoms with Gasteiger partial charge in [0.1, 0.15) is 5.75 Å². The summed E-state index contributed by atoms with van der Waals surface area (Å²) in [5, 5.41) is 6.02. The van der Waals surface area contributed by atoms with E-state index in [9.17, 15) is 9.59 Å². The third-order valence-electron chi connectivity index (χ3n) is 5.19. The Morgan fingerprint density at radius 1 is 1.00 bits per heavy atom. The number of anilines is 2. The normalized spacial score (nSPS) is 14.1. The van der Waals surface area contributed by atoms with Gasteiger partial charge >= 0.3 is 0 Å². The summed E-state index contributed by atoms with van der Waals surface area (Å²) in [4.78, 5) is 27.2. The molecule has 0 aliphatic carbocycles. The molecule has 166 valence electrons. The van der Waals surface area contributed by atoms with E-state index in [1.807, 2.05) is 41.3 Å². The maximum atomic E-state index is 12.8. The van der Waals surface area contributed by atoms with Gasteiger partial charge in [-0.25, -0.2) is 0 Å². The quantitative estimate of drug-likeness (QED) is 0.641. The molecule has 1 fully saturated rings. The highest BCUT2D eigenvalue weighted by atomic mass is 16.5. The second-order valence-electron chi connectivity index (χ2n) is 8.39. The van der Waals surface area contributed by atoms with Crippen molar-refractivity contribution in [2.24, 2.45) is 5.92 Å². The van der Waals surface area contributed by atoms with E-state index < -0.39 is 0 Å². The maximum absolute atomic E-state index is 12.8. The lowest BCUT2D eigenvalue weighted by atomic mass is 10.1. The molecule has 2 N–H and O–H groups in total. The first-order valence-electron chi connectivity index (χ1n) is 11.2. The van der Waals surface area contributed by atoms with Gasteiger partial charge in [-0.3, -0.25) is 9.59 Å². The zero-order chi connectivity index (χ0) is 22.1. The number of hydrogen-bond donors (Lipinski definition) is 2. The van der Waals surface area contributed by atoms with Crippen molar-refractivity contribution in [3.63, 3.8) is 0 Å².